The number of carbonyl (C=O) groups excluding carboxylic acids is 1. The number of ether oxygens (including phenoxy) is 1. The lowest BCUT2D eigenvalue weighted by Crippen LogP contribution is -2.19. The maximum Gasteiger partial charge on any atom is 0.573 e. The van der Waals surface area contributed by atoms with Crippen molar-refractivity contribution in [2.75, 3.05) is 0 Å². The van der Waals surface area contributed by atoms with Gasteiger partial charge in [0.05, 0.1) is 0 Å². The number of aliphatic carboxylic acids is 1. The maximum absolute atomic E-state index is 12.1. The number of halogens is 3. The van der Waals surface area contributed by atoms with E-state index < -0.39 is 35.5 Å². The van der Waals surface area contributed by atoms with E-state index in [1.807, 2.05) is 0 Å². The zero-order chi connectivity index (χ0) is 15.5. The first-order valence-corrected chi connectivity index (χ1v) is 5.49. The van der Waals surface area contributed by atoms with Gasteiger partial charge in [-0.25, -0.2) is 4.79 Å². The zero-order valence-electron chi connectivity index (χ0n) is 10.3. The smallest absolute Gasteiger partial charge is 0.479 e. The van der Waals surface area contributed by atoms with Crippen LogP contribution in [0.1, 0.15) is 35.4 Å². The van der Waals surface area contributed by atoms with E-state index in [0.29, 0.717) is 6.07 Å². The molecular formula is C12H11F3O5. The van der Waals surface area contributed by atoms with Crippen LogP contribution in [0.4, 0.5) is 13.2 Å². The molecule has 110 valence electrons. The van der Waals surface area contributed by atoms with Crippen LogP contribution in [0.2, 0.25) is 0 Å². The van der Waals surface area contributed by atoms with Crippen LogP contribution in [0, 0.1) is 0 Å². The molecule has 0 aromatic heterocycles. The van der Waals surface area contributed by atoms with Crippen molar-refractivity contribution in [2.24, 2.45) is 0 Å². The number of Topliss-reactive ketones (excluding diaryl/α,β-unsaturated/α-hetero) is 1. The average Bonchev–Trinajstić information content (AvgIpc) is 2.34. The lowest BCUT2D eigenvalue weighted by atomic mass is 9.97. The average molecular weight is 292 g/mol. The predicted molar refractivity (Wildman–Crippen MR) is 60.3 cm³/mol. The van der Waals surface area contributed by atoms with Crippen molar-refractivity contribution in [1.29, 1.82) is 0 Å². The molecule has 1 aromatic carbocycles. The Kier molecular flexibility index (Phi) is 4.72. The molecule has 0 aliphatic heterocycles. The molecule has 2 N–H and O–H groups in total. The van der Waals surface area contributed by atoms with Crippen molar-refractivity contribution in [3.8, 4) is 5.75 Å². The second-order valence-electron chi connectivity index (χ2n) is 3.81. The van der Waals surface area contributed by atoms with E-state index in [-0.39, 0.29) is 12.0 Å². The number of rotatable bonds is 5. The largest absolute Gasteiger partial charge is 0.573 e. The molecule has 1 unspecified atom stereocenters. The third-order valence-corrected chi connectivity index (χ3v) is 2.41. The van der Waals surface area contributed by atoms with Crippen LogP contribution in [-0.4, -0.2) is 28.3 Å². The Morgan fingerprint density at radius 3 is 2.40 bits per heavy atom. The van der Waals surface area contributed by atoms with Crippen LogP contribution < -0.4 is 4.74 Å². The number of carbonyl (C=O) groups is 2. The molecule has 0 fully saturated rings. The second-order valence-corrected chi connectivity index (χ2v) is 3.81. The molecule has 1 rings (SSSR count). The number of aliphatic hydroxyl groups excluding tert-OH is 1. The minimum Gasteiger partial charge on any atom is -0.479 e. The molecule has 0 saturated heterocycles. The number of carboxylic acids is 1. The van der Waals surface area contributed by atoms with Crippen LogP contribution in [0.15, 0.2) is 18.2 Å². The maximum atomic E-state index is 12.1. The molecular weight excluding hydrogens is 281 g/mol. The zero-order valence-corrected chi connectivity index (χ0v) is 10.3. The molecule has 0 heterocycles. The molecule has 8 heteroatoms. The van der Waals surface area contributed by atoms with Crippen LogP contribution in [0.25, 0.3) is 0 Å². The molecule has 0 radical (unpaired) electrons. The van der Waals surface area contributed by atoms with Gasteiger partial charge < -0.3 is 14.9 Å². The highest BCUT2D eigenvalue weighted by atomic mass is 19.4. The first-order valence-electron chi connectivity index (χ1n) is 5.49. The molecule has 0 amide bonds. The Labute approximate surface area is 111 Å². The van der Waals surface area contributed by atoms with Gasteiger partial charge in [0.1, 0.15) is 5.75 Å². The second kappa shape index (κ2) is 5.91. The van der Waals surface area contributed by atoms with Crippen molar-refractivity contribution in [1.82, 2.24) is 0 Å². The SMILES string of the molecule is CCC(=O)c1ccc(OC(F)(F)F)cc1C(O)C(=O)O. The van der Waals surface area contributed by atoms with Gasteiger partial charge >= 0.3 is 12.3 Å². The number of alkyl halides is 3. The molecule has 0 aliphatic carbocycles. The third-order valence-electron chi connectivity index (χ3n) is 2.41. The molecule has 0 aliphatic rings. The molecule has 5 nitrogen and oxygen atoms in total. The minimum absolute atomic E-state index is 0.0127. The van der Waals surface area contributed by atoms with E-state index in [9.17, 15) is 27.9 Å². The summed E-state index contributed by atoms with van der Waals surface area (Å²) < 4.78 is 39.9. The van der Waals surface area contributed by atoms with E-state index in [1.165, 1.54) is 6.92 Å². The van der Waals surface area contributed by atoms with Gasteiger partial charge in [-0.15, -0.1) is 13.2 Å². The molecule has 20 heavy (non-hydrogen) atoms. The van der Waals surface area contributed by atoms with Gasteiger partial charge in [-0.2, -0.15) is 0 Å². The summed E-state index contributed by atoms with van der Waals surface area (Å²) in [5.74, 6) is -2.89. The summed E-state index contributed by atoms with van der Waals surface area (Å²) in [4.78, 5) is 22.3. The Morgan fingerprint density at radius 2 is 1.95 bits per heavy atom. The van der Waals surface area contributed by atoms with Gasteiger partial charge in [0.15, 0.2) is 11.9 Å². The summed E-state index contributed by atoms with van der Waals surface area (Å²) in [6.07, 6.45) is -7.06. The van der Waals surface area contributed by atoms with Crippen LogP contribution >= 0.6 is 0 Å². The van der Waals surface area contributed by atoms with Crippen LogP contribution in [0.5, 0.6) is 5.75 Å². The van der Waals surface area contributed by atoms with Crippen LogP contribution in [-0.2, 0) is 4.79 Å². The number of aliphatic hydroxyl groups is 1. The van der Waals surface area contributed by atoms with E-state index in [1.54, 1.807) is 0 Å². The van der Waals surface area contributed by atoms with E-state index >= 15 is 0 Å². The summed E-state index contributed by atoms with van der Waals surface area (Å²) >= 11 is 0. The lowest BCUT2D eigenvalue weighted by Gasteiger charge is -2.14. The van der Waals surface area contributed by atoms with Crippen molar-refractivity contribution in [2.45, 2.75) is 25.8 Å². The number of hydrogen-bond donors (Lipinski definition) is 2. The molecule has 0 saturated carbocycles. The van der Waals surface area contributed by atoms with Gasteiger partial charge in [-0.3, -0.25) is 4.79 Å². The van der Waals surface area contributed by atoms with Gasteiger partial charge in [0, 0.05) is 17.5 Å². The number of hydrogen-bond acceptors (Lipinski definition) is 4. The lowest BCUT2D eigenvalue weighted by molar-refractivity contribution is -0.274. The number of benzene rings is 1. The number of ketones is 1. The summed E-state index contributed by atoms with van der Waals surface area (Å²) in [6.45, 7) is 1.50. The quantitative estimate of drug-likeness (QED) is 0.813. The summed E-state index contributed by atoms with van der Waals surface area (Å²) in [6, 6.07) is 2.57. The fourth-order valence-electron chi connectivity index (χ4n) is 1.54. The van der Waals surface area contributed by atoms with E-state index in [0.717, 1.165) is 12.1 Å². The first kappa shape index (κ1) is 16.0. The van der Waals surface area contributed by atoms with Gasteiger partial charge in [0.25, 0.3) is 0 Å². The molecule has 0 bridgehead atoms. The Hall–Kier alpha value is -2.09. The van der Waals surface area contributed by atoms with Crippen LogP contribution in [0.3, 0.4) is 0 Å². The van der Waals surface area contributed by atoms with Gasteiger partial charge in [-0.1, -0.05) is 6.92 Å². The monoisotopic (exact) mass is 292 g/mol. The molecule has 1 atom stereocenters. The fraction of sp³-hybridized carbons (Fsp3) is 0.333. The summed E-state index contributed by atoms with van der Waals surface area (Å²) in [5.41, 5.74) is -0.594. The van der Waals surface area contributed by atoms with Crippen molar-refractivity contribution in [3.63, 3.8) is 0 Å². The van der Waals surface area contributed by atoms with Gasteiger partial charge in [0.2, 0.25) is 0 Å². The highest BCUT2D eigenvalue weighted by Crippen LogP contribution is 2.29. The topological polar surface area (TPSA) is 83.8 Å². The Balaban J connectivity index is 3.28. The molecule has 1 aromatic rings. The van der Waals surface area contributed by atoms with Gasteiger partial charge in [-0.05, 0) is 18.2 Å². The minimum atomic E-state index is -4.96. The third kappa shape index (κ3) is 3.95. The standard InChI is InChI=1S/C12H11F3O5/c1-2-9(16)7-4-3-6(20-12(13,14)15)5-8(7)10(17)11(18)19/h3-5,10,17H,2H2,1H3,(H,18,19). The number of carboxylic acid groups (broad SMARTS) is 1. The van der Waals surface area contributed by atoms with E-state index in [4.69, 9.17) is 5.11 Å². The normalized spacial score (nSPS) is 12.8. The highest BCUT2D eigenvalue weighted by Gasteiger charge is 2.32. The Bertz CT molecular complexity index is 524. The molecule has 0 spiro atoms. The van der Waals surface area contributed by atoms with Crippen molar-refractivity contribution < 1.29 is 37.7 Å². The highest BCUT2D eigenvalue weighted by molar-refractivity contribution is 5.98. The van der Waals surface area contributed by atoms with E-state index in [2.05, 4.69) is 4.74 Å². The Morgan fingerprint density at radius 1 is 1.35 bits per heavy atom. The fourth-order valence-corrected chi connectivity index (χ4v) is 1.54. The summed E-state index contributed by atoms with van der Waals surface area (Å²) in [5, 5.41) is 18.2. The first-order chi connectivity index (χ1) is 9.15. The summed E-state index contributed by atoms with van der Waals surface area (Å²) in [7, 11) is 0. The predicted octanol–water partition coefficient (Wildman–Crippen LogP) is 2.30. The van der Waals surface area contributed by atoms with Crippen molar-refractivity contribution >= 4 is 11.8 Å². The van der Waals surface area contributed by atoms with Crippen molar-refractivity contribution in [3.05, 3.63) is 29.3 Å².